The van der Waals surface area contributed by atoms with E-state index < -0.39 is 67.4 Å². The van der Waals surface area contributed by atoms with E-state index >= 15 is 0 Å². The van der Waals surface area contributed by atoms with Gasteiger partial charge in [-0.25, -0.2) is 23.9 Å². The molecule has 2 aromatic carbocycles. The second kappa shape index (κ2) is 15.6. The minimum atomic E-state index is -1.55. The molecule has 45 heavy (non-hydrogen) atoms. The summed E-state index contributed by atoms with van der Waals surface area (Å²) in [6.07, 6.45) is 0.915. The largest absolute Gasteiger partial charge is 0.481 e. The van der Waals surface area contributed by atoms with Crippen LogP contribution in [0.1, 0.15) is 51.2 Å². The van der Waals surface area contributed by atoms with Gasteiger partial charge in [0.2, 0.25) is 0 Å². The van der Waals surface area contributed by atoms with E-state index in [4.69, 9.17) is 5.11 Å². The van der Waals surface area contributed by atoms with Gasteiger partial charge < -0.3 is 36.4 Å². The minimum absolute atomic E-state index is 0.0149. The predicted octanol–water partition coefficient (Wildman–Crippen LogP) is 1.73. The molecular weight excluding hydrogens is 599 g/mol. The number of halogens is 1. The number of carbonyl (C=O) groups excluding carboxylic acids is 2. The van der Waals surface area contributed by atoms with E-state index in [1.807, 2.05) is 5.32 Å². The number of aromatic carboxylic acids is 1. The highest BCUT2D eigenvalue weighted by Crippen LogP contribution is 2.18. The molecule has 0 radical (unpaired) electrons. The molecule has 0 saturated heterocycles. The number of alkyl halides is 1. The molecule has 3 rings (SSSR count). The first-order valence-corrected chi connectivity index (χ1v) is 13.4. The molecule has 238 valence electrons. The van der Waals surface area contributed by atoms with Gasteiger partial charge in [0.15, 0.2) is 0 Å². The number of nitrogens with one attached hydrogen (secondary N) is 3. The highest BCUT2D eigenvalue weighted by Gasteiger charge is 2.25. The average molecular weight is 629 g/mol. The normalized spacial score (nSPS) is 12.0. The molecule has 1 aromatic heterocycles. The number of rotatable bonds is 16. The van der Waals surface area contributed by atoms with Crippen LogP contribution in [0.3, 0.4) is 0 Å². The number of amides is 3. The molecule has 3 amide bonds. The van der Waals surface area contributed by atoms with Crippen LogP contribution in [0, 0.1) is 0 Å². The second-order valence-corrected chi connectivity index (χ2v) is 9.71. The molecule has 16 nitrogen and oxygen atoms in total. The third kappa shape index (κ3) is 10.1. The van der Waals surface area contributed by atoms with Crippen LogP contribution in [0.15, 0.2) is 48.7 Å². The van der Waals surface area contributed by atoms with E-state index in [2.05, 4.69) is 20.9 Å². The number of carboxylic acid groups (broad SMARTS) is 4. The van der Waals surface area contributed by atoms with Crippen LogP contribution in [0.2, 0.25) is 0 Å². The van der Waals surface area contributed by atoms with Gasteiger partial charge in [0.25, 0.3) is 5.91 Å². The number of urea groups is 1. The number of carbonyl (C=O) groups is 6. The summed E-state index contributed by atoms with van der Waals surface area (Å²) in [5, 5.41) is 51.7. The molecule has 0 saturated carbocycles. The number of aryl methyl sites for hydroxylation is 1. The van der Waals surface area contributed by atoms with Crippen LogP contribution >= 0.6 is 0 Å². The number of aliphatic carboxylic acids is 3. The number of carboxylic acids is 4. The van der Waals surface area contributed by atoms with Crippen LogP contribution in [-0.2, 0) is 27.2 Å². The zero-order valence-corrected chi connectivity index (χ0v) is 23.5. The van der Waals surface area contributed by atoms with Crippen molar-refractivity contribution in [3.8, 4) is 5.69 Å². The first-order valence-electron chi connectivity index (χ1n) is 13.4. The Labute approximate surface area is 253 Å². The lowest BCUT2D eigenvalue weighted by atomic mass is 10.1. The number of anilines is 1. The van der Waals surface area contributed by atoms with E-state index in [9.17, 15) is 48.5 Å². The van der Waals surface area contributed by atoms with Crippen molar-refractivity contribution in [2.75, 3.05) is 12.0 Å². The van der Waals surface area contributed by atoms with Crippen molar-refractivity contribution in [1.82, 2.24) is 25.6 Å². The van der Waals surface area contributed by atoms with Crippen LogP contribution in [-0.4, -0.2) is 90.0 Å². The number of hydrogen-bond donors (Lipinski definition) is 7. The molecule has 7 N–H and O–H groups in total. The van der Waals surface area contributed by atoms with E-state index in [1.54, 1.807) is 0 Å². The topological polar surface area (TPSA) is 250 Å². The Kier molecular flexibility index (Phi) is 11.6. The quantitative estimate of drug-likeness (QED) is 0.120. The third-order valence-electron chi connectivity index (χ3n) is 6.30. The summed E-state index contributed by atoms with van der Waals surface area (Å²) in [5.41, 5.74) is 1.22. The van der Waals surface area contributed by atoms with Crippen molar-refractivity contribution in [3.05, 3.63) is 71.0 Å². The molecule has 0 spiro atoms. The molecule has 1 unspecified atom stereocenters. The van der Waals surface area contributed by atoms with Crippen molar-refractivity contribution in [1.29, 1.82) is 0 Å². The Morgan fingerprint density at radius 2 is 1.51 bits per heavy atom. The molecule has 0 fully saturated rings. The van der Waals surface area contributed by atoms with Gasteiger partial charge in [-0.15, -0.1) is 5.10 Å². The lowest BCUT2D eigenvalue weighted by Crippen LogP contribution is -2.51. The summed E-state index contributed by atoms with van der Waals surface area (Å²) in [5.74, 6) is -6.13. The van der Waals surface area contributed by atoms with E-state index in [0.717, 1.165) is 0 Å². The smallest absolute Gasteiger partial charge is 0.335 e. The maximum atomic E-state index is 13.0. The SMILES string of the molecule is O=C(O)CCC(NC(=O)N[C@@H](Cc1ccc(NC(=O)c2cc(C(=O)O)cc(-n3cc(CCCF)nn3)c2)cc1)C(=O)O)C(=O)O. The third-order valence-corrected chi connectivity index (χ3v) is 6.30. The van der Waals surface area contributed by atoms with Crippen molar-refractivity contribution in [3.63, 3.8) is 0 Å². The molecule has 2 atom stereocenters. The fourth-order valence-electron chi connectivity index (χ4n) is 4.03. The summed E-state index contributed by atoms with van der Waals surface area (Å²) >= 11 is 0. The summed E-state index contributed by atoms with van der Waals surface area (Å²) in [6.45, 7) is -0.534. The molecule has 0 aliphatic heterocycles. The Hall–Kier alpha value is -5.87. The van der Waals surface area contributed by atoms with Crippen molar-refractivity contribution >= 4 is 41.5 Å². The summed E-state index contributed by atoms with van der Waals surface area (Å²) in [7, 11) is 0. The number of nitrogens with zero attached hydrogens (tertiary/aromatic N) is 3. The molecule has 1 heterocycles. The van der Waals surface area contributed by atoms with E-state index in [0.29, 0.717) is 17.7 Å². The summed E-state index contributed by atoms with van der Waals surface area (Å²) in [6, 6.07) is 5.58. The highest BCUT2D eigenvalue weighted by atomic mass is 19.1. The first kappa shape index (κ1) is 33.6. The van der Waals surface area contributed by atoms with Gasteiger partial charge in [0.05, 0.1) is 29.8 Å². The van der Waals surface area contributed by atoms with Crippen LogP contribution < -0.4 is 16.0 Å². The molecule has 0 aliphatic carbocycles. The van der Waals surface area contributed by atoms with Gasteiger partial charge in [-0.1, -0.05) is 17.3 Å². The highest BCUT2D eigenvalue weighted by molar-refractivity contribution is 6.06. The summed E-state index contributed by atoms with van der Waals surface area (Å²) < 4.78 is 13.8. The minimum Gasteiger partial charge on any atom is -0.481 e. The molecule has 3 aromatic rings. The van der Waals surface area contributed by atoms with E-state index in [-0.39, 0.29) is 35.3 Å². The Morgan fingerprint density at radius 1 is 0.867 bits per heavy atom. The van der Waals surface area contributed by atoms with Crippen molar-refractivity contribution < 1.29 is 53.6 Å². The van der Waals surface area contributed by atoms with Crippen LogP contribution in [0.5, 0.6) is 0 Å². The van der Waals surface area contributed by atoms with Gasteiger partial charge >= 0.3 is 29.9 Å². The zero-order chi connectivity index (χ0) is 33.1. The average Bonchev–Trinajstić information content (AvgIpc) is 3.47. The van der Waals surface area contributed by atoms with Gasteiger partial charge in [-0.3, -0.25) is 14.0 Å². The fourth-order valence-corrected chi connectivity index (χ4v) is 4.03. The zero-order valence-electron chi connectivity index (χ0n) is 23.5. The van der Waals surface area contributed by atoms with Gasteiger partial charge in [0, 0.05) is 24.1 Å². The Bertz CT molecular complexity index is 1580. The van der Waals surface area contributed by atoms with Crippen molar-refractivity contribution in [2.24, 2.45) is 0 Å². The summed E-state index contributed by atoms with van der Waals surface area (Å²) in [4.78, 5) is 70.7. The lowest BCUT2D eigenvalue weighted by Gasteiger charge is -2.18. The molecule has 0 bridgehead atoms. The number of benzene rings is 2. The second-order valence-electron chi connectivity index (χ2n) is 9.71. The standard InChI is InChI=1S/C28H29FN6O10/c29-9-1-2-19-14-35(34-33-19)20-12-16(11-17(13-20)25(39)40)24(38)30-18-5-3-15(4-6-18)10-22(27(43)44)32-28(45)31-21(26(41)42)7-8-23(36)37/h3-6,11-14,21-22H,1-2,7-10H2,(H,30,38)(H,36,37)(H,39,40)(H,41,42)(H,43,44)(H2,31,32,45)/t21?,22-/m0/s1. The number of hydrogen-bond acceptors (Lipinski definition) is 8. The molecule has 17 heteroatoms. The van der Waals surface area contributed by atoms with Gasteiger partial charge in [-0.2, -0.15) is 0 Å². The van der Waals surface area contributed by atoms with Crippen LogP contribution in [0.4, 0.5) is 14.9 Å². The molecule has 0 aliphatic rings. The van der Waals surface area contributed by atoms with Gasteiger partial charge in [-0.05, 0) is 55.2 Å². The monoisotopic (exact) mass is 628 g/mol. The maximum Gasteiger partial charge on any atom is 0.335 e. The maximum absolute atomic E-state index is 13.0. The van der Waals surface area contributed by atoms with Crippen molar-refractivity contribution in [2.45, 2.75) is 44.2 Å². The Balaban J connectivity index is 1.68. The van der Waals surface area contributed by atoms with Gasteiger partial charge in [0.1, 0.15) is 12.1 Å². The first-order chi connectivity index (χ1) is 21.4. The van der Waals surface area contributed by atoms with Crippen LogP contribution in [0.25, 0.3) is 5.69 Å². The number of aromatic nitrogens is 3. The lowest BCUT2D eigenvalue weighted by molar-refractivity contribution is -0.140. The predicted molar refractivity (Wildman–Crippen MR) is 152 cm³/mol. The van der Waals surface area contributed by atoms with E-state index in [1.165, 1.54) is 53.3 Å². The Morgan fingerprint density at radius 3 is 2.11 bits per heavy atom. The molecular formula is C28H29FN6O10. The fraction of sp³-hybridized carbons (Fsp3) is 0.286.